The van der Waals surface area contributed by atoms with E-state index in [9.17, 15) is 14.5 Å². The number of hydrogen-bond acceptors (Lipinski definition) is 5. The Labute approximate surface area is 124 Å². The summed E-state index contributed by atoms with van der Waals surface area (Å²) in [6, 6.07) is 3.45. The van der Waals surface area contributed by atoms with Crippen LogP contribution in [0.5, 0.6) is 11.6 Å². The van der Waals surface area contributed by atoms with Crippen molar-refractivity contribution in [3.8, 4) is 11.6 Å². The number of nitro benzene ring substituents is 1. The van der Waals surface area contributed by atoms with Crippen molar-refractivity contribution < 1.29 is 14.1 Å². The van der Waals surface area contributed by atoms with Crippen LogP contribution in [0.3, 0.4) is 0 Å². The lowest BCUT2D eigenvalue weighted by Crippen LogP contribution is -2.02. The van der Waals surface area contributed by atoms with E-state index in [1.807, 2.05) is 6.92 Å². The first-order valence-electron chi connectivity index (χ1n) is 6.07. The number of para-hydroxylation sites is 1. The first kappa shape index (κ1) is 15.1. The fraction of sp³-hybridized carbons (Fsp3) is 0.231. The predicted molar refractivity (Wildman–Crippen MR) is 74.3 cm³/mol. The lowest BCUT2D eigenvalue weighted by molar-refractivity contribution is -0.385. The van der Waals surface area contributed by atoms with E-state index in [-0.39, 0.29) is 11.0 Å². The van der Waals surface area contributed by atoms with E-state index >= 15 is 0 Å². The molecule has 0 aliphatic heterocycles. The smallest absolute Gasteiger partial charge is 0.314 e. The molecule has 0 fully saturated rings. The summed E-state index contributed by atoms with van der Waals surface area (Å²) in [4.78, 5) is 18.3. The van der Waals surface area contributed by atoms with Crippen molar-refractivity contribution in [2.75, 3.05) is 0 Å². The van der Waals surface area contributed by atoms with Crippen molar-refractivity contribution in [2.24, 2.45) is 0 Å². The Kier molecular flexibility index (Phi) is 4.32. The van der Waals surface area contributed by atoms with Crippen molar-refractivity contribution in [2.45, 2.75) is 20.3 Å². The summed E-state index contributed by atoms with van der Waals surface area (Å²) in [5, 5.41) is 11.1. The SMILES string of the molecule is CCc1nc(Cl)c(C)c(Oc2c(F)cccc2[N+](=O)[O-])n1. The van der Waals surface area contributed by atoms with Gasteiger partial charge in [-0.1, -0.05) is 24.6 Å². The van der Waals surface area contributed by atoms with E-state index in [4.69, 9.17) is 16.3 Å². The first-order valence-corrected chi connectivity index (χ1v) is 6.45. The number of rotatable bonds is 4. The van der Waals surface area contributed by atoms with Gasteiger partial charge in [0.1, 0.15) is 11.0 Å². The molecule has 0 atom stereocenters. The molecule has 6 nitrogen and oxygen atoms in total. The Morgan fingerprint density at radius 2 is 2.14 bits per heavy atom. The summed E-state index contributed by atoms with van der Waals surface area (Å²) in [6.07, 6.45) is 0.496. The second-order valence-electron chi connectivity index (χ2n) is 4.16. The van der Waals surface area contributed by atoms with Crippen LogP contribution in [0.25, 0.3) is 0 Å². The minimum atomic E-state index is -0.851. The third-order valence-electron chi connectivity index (χ3n) is 2.75. The zero-order valence-corrected chi connectivity index (χ0v) is 12.0. The van der Waals surface area contributed by atoms with Crippen LogP contribution in [0.2, 0.25) is 5.15 Å². The number of nitro groups is 1. The van der Waals surface area contributed by atoms with Gasteiger partial charge in [-0.3, -0.25) is 10.1 Å². The van der Waals surface area contributed by atoms with Crippen LogP contribution in [-0.2, 0) is 6.42 Å². The maximum absolute atomic E-state index is 13.8. The zero-order valence-electron chi connectivity index (χ0n) is 11.3. The summed E-state index contributed by atoms with van der Waals surface area (Å²) >= 11 is 5.95. The molecule has 2 aromatic rings. The normalized spacial score (nSPS) is 10.5. The quantitative estimate of drug-likeness (QED) is 0.487. The third-order valence-corrected chi connectivity index (χ3v) is 3.11. The fourth-order valence-electron chi connectivity index (χ4n) is 1.61. The van der Waals surface area contributed by atoms with Gasteiger partial charge in [-0.15, -0.1) is 0 Å². The number of benzene rings is 1. The van der Waals surface area contributed by atoms with Gasteiger partial charge in [-0.05, 0) is 13.0 Å². The summed E-state index contributed by atoms with van der Waals surface area (Å²) in [6.45, 7) is 3.40. The maximum atomic E-state index is 13.8. The number of nitrogens with zero attached hydrogens (tertiary/aromatic N) is 3. The average molecular weight is 312 g/mol. The number of ether oxygens (including phenoxy) is 1. The van der Waals surface area contributed by atoms with Crippen molar-refractivity contribution in [3.05, 3.63) is 50.7 Å². The molecule has 0 bridgehead atoms. The molecule has 0 saturated heterocycles. The van der Waals surface area contributed by atoms with Crippen LogP contribution in [0.15, 0.2) is 18.2 Å². The second kappa shape index (κ2) is 6.01. The van der Waals surface area contributed by atoms with Gasteiger partial charge in [0, 0.05) is 18.1 Å². The van der Waals surface area contributed by atoms with Crippen molar-refractivity contribution >= 4 is 17.3 Å². The standard InChI is InChI=1S/C13H11ClFN3O3/c1-3-10-16-12(14)7(2)13(17-10)21-11-8(15)5-4-6-9(11)18(19)20/h4-6H,3H2,1-2H3. The highest BCUT2D eigenvalue weighted by atomic mass is 35.5. The topological polar surface area (TPSA) is 78.2 Å². The molecule has 1 heterocycles. The Hall–Kier alpha value is -2.28. The van der Waals surface area contributed by atoms with Gasteiger partial charge < -0.3 is 4.74 Å². The highest BCUT2D eigenvalue weighted by molar-refractivity contribution is 6.30. The van der Waals surface area contributed by atoms with Gasteiger partial charge >= 0.3 is 5.69 Å². The molecule has 0 spiro atoms. The lowest BCUT2D eigenvalue weighted by Gasteiger charge is -2.10. The van der Waals surface area contributed by atoms with Gasteiger partial charge in [-0.25, -0.2) is 9.37 Å². The summed E-state index contributed by atoms with van der Waals surface area (Å²) < 4.78 is 19.1. The van der Waals surface area contributed by atoms with E-state index in [1.165, 1.54) is 6.07 Å². The minimum Gasteiger partial charge on any atom is -0.428 e. The van der Waals surface area contributed by atoms with Crippen LogP contribution in [0.4, 0.5) is 10.1 Å². The number of aryl methyl sites for hydroxylation is 1. The summed E-state index contributed by atoms with van der Waals surface area (Å²) in [5.41, 5.74) is -0.103. The summed E-state index contributed by atoms with van der Waals surface area (Å²) in [7, 11) is 0. The third kappa shape index (κ3) is 3.08. The van der Waals surface area contributed by atoms with E-state index in [0.29, 0.717) is 17.8 Å². The van der Waals surface area contributed by atoms with Crippen LogP contribution >= 0.6 is 11.6 Å². The fourth-order valence-corrected chi connectivity index (χ4v) is 1.79. The molecular weight excluding hydrogens is 301 g/mol. The molecule has 21 heavy (non-hydrogen) atoms. The molecule has 0 N–H and O–H groups in total. The highest BCUT2D eigenvalue weighted by Gasteiger charge is 2.22. The van der Waals surface area contributed by atoms with Crippen molar-refractivity contribution in [1.82, 2.24) is 9.97 Å². The maximum Gasteiger partial charge on any atom is 0.314 e. The zero-order chi connectivity index (χ0) is 15.6. The molecule has 1 aromatic heterocycles. The molecule has 0 unspecified atom stereocenters. The Bertz CT molecular complexity index is 709. The molecule has 110 valence electrons. The molecule has 0 aliphatic carbocycles. The number of halogens is 2. The van der Waals surface area contributed by atoms with Crippen LogP contribution < -0.4 is 4.74 Å². The van der Waals surface area contributed by atoms with Crippen molar-refractivity contribution in [3.63, 3.8) is 0 Å². The van der Waals surface area contributed by atoms with Gasteiger partial charge in [0.15, 0.2) is 5.82 Å². The second-order valence-corrected chi connectivity index (χ2v) is 4.52. The Morgan fingerprint density at radius 3 is 2.76 bits per heavy atom. The van der Waals surface area contributed by atoms with Gasteiger partial charge in [0.2, 0.25) is 11.6 Å². The van der Waals surface area contributed by atoms with E-state index < -0.39 is 22.2 Å². The van der Waals surface area contributed by atoms with Gasteiger partial charge in [0.25, 0.3) is 0 Å². The van der Waals surface area contributed by atoms with Crippen LogP contribution in [-0.4, -0.2) is 14.9 Å². The van der Waals surface area contributed by atoms with Crippen LogP contribution in [0, 0.1) is 22.9 Å². The number of aromatic nitrogens is 2. The molecule has 2 rings (SSSR count). The Balaban J connectivity index is 2.53. The monoisotopic (exact) mass is 311 g/mol. The summed E-state index contributed by atoms with van der Waals surface area (Å²) in [5.74, 6) is -0.946. The van der Waals surface area contributed by atoms with E-state index in [2.05, 4.69) is 9.97 Å². The molecule has 0 saturated carbocycles. The highest BCUT2D eigenvalue weighted by Crippen LogP contribution is 2.35. The average Bonchev–Trinajstić information content (AvgIpc) is 2.45. The lowest BCUT2D eigenvalue weighted by atomic mass is 10.3. The Morgan fingerprint density at radius 1 is 1.43 bits per heavy atom. The molecular formula is C13H11ClFN3O3. The molecule has 0 aliphatic rings. The van der Waals surface area contributed by atoms with E-state index in [0.717, 1.165) is 12.1 Å². The molecule has 1 aromatic carbocycles. The predicted octanol–water partition coefficient (Wildman–Crippen LogP) is 3.84. The number of hydrogen-bond donors (Lipinski definition) is 0. The first-order chi connectivity index (χ1) is 9.93. The minimum absolute atomic E-state index is 0.0000463. The molecule has 0 amide bonds. The van der Waals surface area contributed by atoms with Crippen LogP contribution in [0.1, 0.15) is 18.3 Å². The molecule has 0 radical (unpaired) electrons. The van der Waals surface area contributed by atoms with E-state index in [1.54, 1.807) is 6.92 Å². The molecule has 8 heteroatoms. The van der Waals surface area contributed by atoms with Crippen molar-refractivity contribution in [1.29, 1.82) is 0 Å². The van der Waals surface area contributed by atoms with Gasteiger partial charge in [0.05, 0.1) is 4.92 Å². The van der Waals surface area contributed by atoms with Gasteiger partial charge in [-0.2, -0.15) is 4.98 Å². The largest absolute Gasteiger partial charge is 0.428 e.